The number of halogens is 1. The number of nitrogens with one attached hydrogen (secondary N) is 1. The molecule has 0 saturated heterocycles. The Morgan fingerprint density at radius 2 is 2.06 bits per heavy atom. The first-order chi connectivity index (χ1) is 7.65. The topological polar surface area (TPSA) is 55.1 Å². The maximum atomic E-state index is 11.8. The minimum atomic E-state index is 0. The van der Waals surface area contributed by atoms with Crippen LogP contribution in [0, 0.1) is 11.8 Å². The molecule has 0 radical (unpaired) electrons. The van der Waals surface area contributed by atoms with E-state index in [2.05, 4.69) is 12.2 Å². The molecule has 4 heteroatoms. The van der Waals surface area contributed by atoms with Gasteiger partial charge in [-0.3, -0.25) is 4.79 Å². The Bertz CT molecular complexity index is 256. The van der Waals surface area contributed by atoms with Crippen LogP contribution in [0.1, 0.15) is 51.9 Å². The van der Waals surface area contributed by atoms with E-state index < -0.39 is 0 Å². The maximum Gasteiger partial charge on any atom is 0.220 e. The zero-order chi connectivity index (χ0) is 11.5. The molecule has 2 aliphatic rings. The molecule has 3 nitrogen and oxygen atoms in total. The van der Waals surface area contributed by atoms with E-state index in [0.717, 1.165) is 25.2 Å². The van der Waals surface area contributed by atoms with Crippen LogP contribution in [0.5, 0.6) is 0 Å². The van der Waals surface area contributed by atoms with Crippen molar-refractivity contribution in [3.8, 4) is 0 Å². The molecule has 0 heterocycles. The quantitative estimate of drug-likeness (QED) is 0.797. The number of rotatable bonds is 5. The molecule has 0 spiro atoms. The molecule has 2 saturated carbocycles. The molecule has 0 bridgehead atoms. The first-order valence-corrected chi connectivity index (χ1v) is 6.70. The van der Waals surface area contributed by atoms with E-state index in [1.165, 1.54) is 19.3 Å². The fraction of sp³-hybridized carbons (Fsp3) is 0.923. The number of hydrogen-bond acceptors (Lipinski definition) is 2. The molecule has 3 N–H and O–H groups in total. The summed E-state index contributed by atoms with van der Waals surface area (Å²) in [5.74, 6) is 1.51. The Morgan fingerprint density at radius 3 is 2.59 bits per heavy atom. The van der Waals surface area contributed by atoms with E-state index in [9.17, 15) is 4.79 Å². The normalized spacial score (nSPS) is 29.5. The fourth-order valence-electron chi connectivity index (χ4n) is 2.80. The molecule has 0 aliphatic heterocycles. The average molecular weight is 261 g/mol. The lowest BCUT2D eigenvalue weighted by atomic mass is 9.99. The molecular formula is C13H25ClN2O. The lowest BCUT2D eigenvalue weighted by molar-refractivity contribution is -0.122. The van der Waals surface area contributed by atoms with Crippen LogP contribution in [-0.4, -0.2) is 18.0 Å². The summed E-state index contributed by atoms with van der Waals surface area (Å²) in [6.45, 7) is 2.12. The summed E-state index contributed by atoms with van der Waals surface area (Å²) in [6, 6.07) is 0.599. The molecule has 0 aromatic carbocycles. The van der Waals surface area contributed by atoms with Crippen molar-refractivity contribution in [3.63, 3.8) is 0 Å². The number of nitrogens with two attached hydrogens (primary N) is 1. The van der Waals surface area contributed by atoms with Gasteiger partial charge in [0.15, 0.2) is 0 Å². The standard InChI is InChI=1S/C13H24N2O.ClH/c1-9(7-10-5-6-10)15-13(16)8-11-3-2-4-12(11)14;/h9-12H,2-8,14H2,1H3,(H,15,16);1H/t9?,11-,12+;/m0./s1. The number of hydrogen-bond donors (Lipinski definition) is 2. The van der Waals surface area contributed by atoms with Gasteiger partial charge >= 0.3 is 0 Å². The minimum Gasteiger partial charge on any atom is -0.354 e. The lowest BCUT2D eigenvalue weighted by Gasteiger charge is -2.18. The summed E-state index contributed by atoms with van der Waals surface area (Å²) < 4.78 is 0. The molecule has 3 atom stereocenters. The van der Waals surface area contributed by atoms with Gasteiger partial charge in [0.25, 0.3) is 0 Å². The predicted octanol–water partition coefficient (Wildman–Crippen LogP) is 2.23. The first-order valence-electron chi connectivity index (χ1n) is 6.70. The lowest BCUT2D eigenvalue weighted by Crippen LogP contribution is -2.36. The van der Waals surface area contributed by atoms with E-state index in [-0.39, 0.29) is 24.4 Å². The van der Waals surface area contributed by atoms with Crippen molar-refractivity contribution in [3.05, 3.63) is 0 Å². The molecule has 2 fully saturated rings. The van der Waals surface area contributed by atoms with E-state index in [0.29, 0.717) is 18.4 Å². The number of carbonyl (C=O) groups is 1. The van der Waals surface area contributed by atoms with Crippen LogP contribution in [0.15, 0.2) is 0 Å². The van der Waals surface area contributed by atoms with Gasteiger partial charge in [0, 0.05) is 18.5 Å². The van der Waals surface area contributed by atoms with Gasteiger partial charge in [-0.15, -0.1) is 12.4 Å². The molecule has 1 amide bonds. The molecule has 2 rings (SSSR count). The fourth-order valence-corrected chi connectivity index (χ4v) is 2.80. The van der Waals surface area contributed by atoms with Gasteiger partial charge in [0.1, 0.15) is 0 Å². The molecular weight excluding hydrogens is 236 g/mol. The first kappa shape index (κ1) is 14.8. The van der Waals surface area contributed by atoms with E-state index >= 15 is 0 Å². The van der Waals surface area contributed by atoms with Crippen molar-refractivity contribution in [2.75, 3.05) is 0 Å². The molecule has 100 valence electrons. The van der Waals surface area contributed by atoms with Crippen molar-refractivity contribution in [1.29, 1.82) is 0 Å². The van der Waals surface area contributed by atoms with Crippen LogP contribution in [0.4, 0.5) is 0 Å². The third-order valence-electron chi connectivity index (χ3n) is 3.96. The van der Waals surface area contributed by atoms with Gasteiger partial charge in [-0.1, -0.05) is 19.3 Å². The minimum absolute atomic E-state index is 0. The van der Waals surface area contributed by atoms with E-state index in [4.69, 9.17) is 5.73 Å². The number of amides is 1. The van der Waals surface area contributed by atoms with Gasteiger partial charge in [-0.25, -0.2) is 0 Å². The van der Waals surface area contributed by atoms with Gasteiger partial charge in [-0.2, -0.15) is 0 Å². The Kier molecular flexibility index (Phi) is 5.74. The van der Waals surface area contributed by atoms with Crippen LogP contribution < -0.4 is 11.1 Å². The average Bonchev–Trinajstić information content (AvgIpc) is 2.91. The summed E-state index contributed by atoms with van der Waals surface area (Å²) in [6.07, 6.45) is 7.91. The third-order valence-corrected chi connectivity index (χ3v) is 3.96. The molecule has 1 unspecified atom stereocenters. The molecule has 0 aromatic heterocycles. The second-order valence-corrected chi connectivity index (χ2v) is 5.71. The Balaban J connectivity index is 0.00000144. The Morgan fingerprint density at radius 1 is 1.35 bits per heavy atom. The van der Waals surface area contributed by atoms with E-state index in [1.54, 1.807) is 0 Å². The van der Waals surface area contributed by atoms with Crippen molar-refractivity contribution in [2.24, 2.45) is 17.6 Å². The summed E-state index contributed by atoms with van der Waals surface area (Å²) in [5.41, 5.74) is 5.97. The van der Waals surface area contributed by atoms with Gasteiger partial charge in [0.2, 0.25) is 5.91 Å². The van der Waals surface area contributed by atoms with Crippen molar-refractivity contribution in [1.82, 2.24) is 5.32 Å². The third kappa shape index (κ3) is 4.84. The highest BCUT2D eigenvalue weighted by atomic mass is 35.5. The van der Waals surface area contributed by atoms with E-state index in [1.807, 2.05) is 0 Å². The van der Waals surface area contributed by atoms with Crippen LogP contribution in [0.3, 0.4) is 0 Å². The summed E-state index contributed by atoms with van der Waals surface area (Å²) >= 11 is 0. The zero-order valence-electron chi connectivity index (χ0n) is 10.7. The molecule has 0 aromatic rings. The highest BCUT2D eigenvalue weighted by molar-refractivity contribution is 5.85. The van der Waals surface area contributed by atoms with Gasteiger partial charge in [-0.05, 0) is 38.0 Å². The van der Waals surface area contributed by atoms with Crippen LogP contribution in [0.25, 0.3) is 0 Å². The zero-order valence-corrected chi connectivity index (χ0v) is 11.5. The van der Waals surface area contributed by atoms with Crippen LogP contribution in [-0.2, 0) is 4.79 Å². The largest absolute Gasteiger partial charge is 0.354 e. The van der Waals surface area contributed by atoms with Crippen LogP contribution in [0.2, 0.25) is 0 Å². The smallest absolute Gasteiger partial charge is 0.220 e. The Hall–Kier alpha value is -0.280. The highest BCUT2D eigenvalue weighted by Crippen LogP contribution is 2.33. The van der Waals surface area contributed by atoms with Gasteiger partial charge < -0.3 is 11.1 Å². The van der Waals surface area contributed by atoms with Gasteiger partial charge in [0.05, 0.1) is 0 Å². The highest BCUT2D eigenvalue weighted by Gasteiger charge is 2.27. The SMILES string of the molecule is CC(CC1CC1)NC(=O)C[C@@H]1CCC[C@H]1N.Cl. The van der Waals surface area contributed by atoms with Crippen molar-refractivity contribution < 1.29 is 4.79 Å². The Labute approximate surface area is 110 Å². The summed E-state index contributed by atoms with van der Waals surface area (Å²) in [4.78, 5) is 11.8. The monoisotopic (exact) mass is 260 g/mol. The summed E-state index contributed by atoms with van der Waals surface area (Å²) in [7, 11) is 0. The summed E-state index contributed by atoms with van der Waals surface area (Å²) in [5, 5.41) is 3.10. The molecule has 2 aliphatic carbocycles. The van der Waals surface area contributed by atoms with Crippen molar-refractivity contribution in [2.45, 2.75) is 64.0 Å². The van der Waals surface area contributed by atoms with Crippen molar-refractivity contribution >= 4 is 18.3 Å². The number of carbonyl (C=O) groups excluding carboxylic acids is 1. The second-order valence-electron chi connectivity index (χ2n) is 5.71. The molecule has 17 heavy (non-hydrogen) atoms. The second kappa shape index (κ2) is 6.60. The maximum absolute atomic E-state index is 11.8. The van der Waals surface area contributed by atoms with Crippen LogP contribution >= 0.6 is 12.4 Å². The predicted molar refractivity (Wildman–Crippen MR) is 72.1 cm³/mol.